The molecule has 1 saturated carbocycles. The van der Waals surface area contributed by atoms with Crippen molar-refractivity contribution in [2.45, 2.75) is 45.8 Å². The summed E-state index contributed by atoms with van der Waals surface area (Å²) < 4.78 is 22.2. The summed E-state index contributed by atoms with van der Waals surface area (Å²) in [4.78, 5) is 51.8. The number of benzene rings is 1. The maximum Gasteiger partial charge on any atom is 0.313 e. The Bertz CT molecular complexity index is 1300. The summed E-state index contributed by atoms with van der Waals surface area (Å²) in [7, 11) is 1.33. The molecule has 1 aliphatic heterocycles. The van der Waals surface area contributed by atoms with Gasteiger partial charge in [-0.25, -0.2) is 0 Å². The fourth-order valence-electron chi connectivity index (χ4n) is 6.85. The molecule has 0 bridgehead atoms. The maximum atomic E-state index is 14.2. The highest BCUT2D eigenvalue weighted by Gasteiger charge is 2.66. The van der Waals surface area contributed by atoms with Crippen LogP contribution in [0.3, 0.4) is 0 Å². The van der Waals surface area contributed by atoms with Gasteiger partial charge in [0, 0.05) is 17.0 Å². The maximum absolute atomic E-state index is 14.2. The molecule has 2 N–H and O–H groups in total. The van der Waals surface area contributed by atoms with Crippen molar-refractivity contribution in [3.8, 4) is 0 Å². The van der Waals surface area contributed by atoms with E-state index < -0.39 is 46.6 Å². The Labute approximate surface area is 220 Å². The van der Waals surface area contributed by atoms with Crippen LogP contribution in [0.25, 0.3) is 0 Å². The summed E-state index contributed by atoms with van der Waals surface area (Å²) >= 11 is 0. The van der Waals surface area contributed by atoms with Gasteiger partial charge in [0.15, 0.2) is 5.76 Å². The smallest absolute Gasteiger partial charge is 0.313 e. The van der Waals surface area contributed by atoms with Crippen LogP contribution in [0.1, 0.15) is 60.7 Å². The molecule has 0 spiro atoms. The van der Waals surface area contributed by atoms with E-state index in [-0.39, 0.29) is 24.1 Å². The van der Waals surface area contributed by atoms with Gasteiger partial charge in [-0.2, -0.15) is 0 Å². The van der Waals surface area contributed by atoms with Gasteiger partial charge in [0.1, 0.15) is 12.7 Å². The Morgan fingerprint density at radius 2 is 1.84 bits per heavy atom. The van der Waals surface area contributed by atoms with E-state index in [9.17, 15) is 19.2 Å². The van der Waals surface area contributed by atoms with Crippen LogP contribution in [0.2, 0.25) is 0 Å². The van der Waals surface area contributed by atoms with Crippen LogP contribution in [-0.4, -0.2) is 30.7 Å². The van der Waals surface area contributed by atoms with E-state index in [2.05, 4.69) is 0 Å². The highest BCUT2D eigenvalue weighted by atomic mass is 16.5. The number of hydrogen-bond acceptors (Lipinski definition) is 8. The number of furan rings is 1. The van der Waals surface area contributed by atoms with E-state index in [4.69, 9.17) is 24.4 Å². The molecule has 1 aromatic heterocycles. The number of ether oxygens (including phenoxy) is 3. The first-order valence-corrected chi connectivity index (χ1v) is 12.7. The minimum Gasteiger partial charge on any atom is -0.485 e. The molecule has 1 aromatic carbocycles. The highest BCUT2D eigenvalue weighted by Crippen LogP contribution is 2.64. The summed E-state index contributed by atoms with van der Waals surface area (Å²) in [5.41, 5.74) is 5.56. The number of nitrogens with two attached hydrogens (primary N) is 1. The number of Topliss-reactive ketones (excluding diaryl/α,β-unsaturated/α-hetero) is 1. The van der Waals surface area contributed by atoms with Gasteiger partial charge in [-0.15, -0.1) is 0 Å². The summed E-state index contributed by atoms with van der Waals surface area (Å²) in [6, 6.07) is 8.31. The molecule has 9 heteroatoms. The molecule has 1 amide bonds. The van der Waals surface area contributed by atoms with Crippen molar-refractivity contribution in [2.24, 2.45) is 34.3 Å². The molecular formula is C29H31NO8. The first kappa shape index (κ1) is 25.8. The first-order valence-electron chi connectivity index (χ1n) is 12.7. The number of carbonyl (C=O) groups excluding carboxylic acids is 4. The van der Waals surface area contributed by atoms with Gasteiger partial charge in [0.25, 0.3) is 0 Å². The van der Waals surface area contributed by atoms with Crippen LogP contribution in [0, 0.1) is 28.6 Å². The van der Waals surface area contributed by atoms with Gasteiger partial charge in [0.05, 0.1) is 31.5 Å². The van der Waals surface area contributed by atoms with Crippen molar-refractivity contribution in [3.63, 3.8) is 0 Å². The minimum absolute atomic E-state index is 0.0494. The molecule has 2 fully saturated rings. The fourth-order valence-corrected chi connectivity index (χ4v) is 6.85. The zero-order valence-electron chi connectivity index (χ0n) is 21.6. The number of allylic oxidation sites excluding steroid dienone is 1. The van der Waals surface area contributed by atoms with E-state index in [1.54, 1.807) is 42.7 Å². The van der Waals surface area contributed by atoms with E-state index >= 15 is 0 Å². The third-order valence-corrected chi connectivity index (χ3v) is 8.79. The molecule has 9 nitrogen and oxygen atoms in total. The first-order chi connectivity index (χ1) is 18.1. The molecule has 2 aromatic rings. The van der Waals surface area contributed by atoms with Gasteiger partial charge in [-0.1, -0.05) is 26.0 Å². The second kappa shape index (κ2) is 9.45. The summed E-state index contributed by atoms with van der Waals surface area (Å²) in [5.74, 6) is -3.42. The lowest BCUT2D eigenvalue weighted by molar-refractivity contribution is -0.198. The van der Waals surface area contributed by atoms with Gasteiger partial charge < -0.3 is 24.4 Å². The molecule has 2 aliphatic carbocycles. The second-order valence-electron chi connectivity index (χ2n) is 11.0. The van der Waals surface area contributed by atoms with Crippen molar-refractivity contribution in [3.05, 3.63) is 71.4 Å². The standard InChI is InChI=1S/C29H31NO8/c1-28-10-8-19-27(34)38-22(18-9-11-36-15-18)13-29(19,2)24(28)23(31)21(12-20(28)26(33)35-3)37-14-16-4-6-17(7-5-16)25(30)32/h4-7,9,11-12,15,19-20,22,24H,8,10,13-14H2,1-3H3,(H2,30,32)/t19-,20-,22-,24-,28-,29-/m0/s1. The normalized spacial score (nSPS) is 32.3. The number of hydrogen-bond donors (Lipinski definition) is 1. The molecular weight excluding hydrogens is 490 g/mol. The average molecular weight is 522 g/mol. The second-order valence-corrected chi connectivity index (χ2v) is 11.0. The van der Waals surface area contributed by atoms with Crippen LogP contribution >= 0.6 is 0 Å². The Balaban J connectivity index is 1.50. The quantitative estimate of drug-likeness (QED) is 0.566. The van der Waals surface area contributed by atoms with Crippen LogP contribution < -0.4 is 5.73 Å². The Morgan fingerprint density at radius 3 is 2.47 bits per heavy atom. The Morgan fingerprint density at radius 1 is 1.11 bits per heavy atom. The largest absolute Gasteiger partial charge is 0.485 e. The van der Waals surface area contributed by atoms with Crippen LogP contribution in [-0.2, 0) is 35.2 Å². The molecule has 2 heterocycles. The third-order valence-electron chi connectivity index (χ3n) is 8.79. The number of amides is 1. The molecule has 0 radical (unpaired) electrons. The predicted molar refractivity (Wildman–Crippen MR) is 133 cm³/mol. The van der Waals surface area contributed by atoms with Gasteiger partial charge >= 0.3 is 11.9 Å². The number of carbonyl (C=O) groups is 4. The fraction of sp³-hybridized carbons (Fsp3) is 0.448. The van der Waals surface area contributed by atoms with Gasteiger partial charge in [-0.05, 0) is 59.9 Å². The van der Waals surface area contributed by atoms with Crippen molar-refractivity contribution >= 4 is 23.6 Å². The zero-order chi connectivity index (χ0) is 27.2. The van der Waals surface area contributed by atoms with E-state index in [1.807, 2.05) is 13.8 Å². The predicted octanol–water partition coefficient (Wildman–Crippen LogP) is 3.88. The number of cyclic esters (lactones) is 1. The molecule has 200 valence electrons. The van der Waals surface area contributed by atoms with E-state index in [0.29, 0.717) is 24.8 Å². The minimum atomic E-state index is -0.792. The summed E-state index contributed by atoms with van der Waals surface area (Å²) in [5, 5.41) is 0. The lowest BCUT2D eigenvalue weighted by Gasteiger charge is -2.59. The highest BCUT2D eigenvalue weighted by molar-refractivity contribution is 6.00. The molecule has 0 unspecified atom stereocenters. The van der Waals surface area contributed by atoms with Crippen molar-refractivity contribution < 1.29 is 37.8 Å². The third kappa shape index (κ3) is 4.10. The van der Waals surface area contributed by atoms with Crippen LogP contribution in [0.5, 0.6) is 0 Å². The Kier molecular flexibility index (Phi) is 6.41. The number of primary amides is 1. The van der Waals surface area contributed by atoms with E-state index in [1.165, 1.54) is 13.4 Å². The topological polar surface area (TPSA) is 135 Å². The van der Waals surface area contributed by atoms with E-state index in [0.717, 1.165) is 11.1 Å². The lowest BCUT2D eigenvalue weighted by Crippen LogP contribution is -2.61. The summed E-state index contributed by atoms with van der Waals surface area (Å²) in [6.45, 7) is 3.93. The van der Waals surface area contributed by atoms with Crippen LogP contribution in [0.15, 0.2) is 59.1 Å². The molecule has 6 atom stereocenters. The number of esters is 2. The monoisotopic (exact) mass is 521 g/mol. The molecule has 3 aliphatic rings. The molecule has 38 heavy (non-hydrogen) atoms. The number of ketones is 1. The molecule has 5 rings (SSSR count). The van der Waals surface area contributed by atoms with Crippen molar-refractivity contribution in [2.75, 3.05) is 7.11 Å². The number of methoxy groups -OCH3 is 1. The van der Waals surface area contributed by atoms with Crippen LogP contribution in [0.4, 0.5) is 0 Å². The lowest BCUT2D eigenvalue weighted by atomic mass is 9.44. The number of fused-ring (bicyclic) bond motifs is 3. The Hall–Kier alpha value is -3.88. The summed E-state index contributed by atoms with van der Waals surface area (Å²) in [6.07, 6.45) is 5.46. The number of rotatable bonds is 6. The van der Waals surface area contributed by atoms with Gasteiger partial charge in [-0.3, -0.25) is 19.2 Å². The van der Waals surface area contributed by atoms with Crippen molar-refractivity contribution in [1.29, 1.82) is 0 Å². The average Bonchev–Trinajstić information content (AvgIpc) is 3.42. The molecule has 1 saturated heterocycles. The van der Waals surface area contributed by atoms with Crippen molar-refractivity contribution in [1.82, 2.24) is 0 Å². The van der Waals surface area contributed by atoms with Gasteiger partial charge in [0.2, 0.25) is 11.7 Å². The zero-order valence-corrected chi connectivity index (χ0v) is 21.6. The SMILES string of the molecule is COC(=O)[C@@H]1C=C(OCc2ccc(C(N)=O)cc2)C(=O)[C@H]2[C@@]1(C)CC[C@H]1C(=O)O[C@H](c3ccoc3)C[C@]21C.